The maximum Gasteiger partial charge on any atom is 0.410 e. The van der Waals surface area contributed by atoms with Gasteiger partial charge in [0.2, 0.25) is 0 Å². The Bertz CT molecular complexity index is 1060. The highest BCUT2D eigenvalue weighted by atomic mass is 16.6. The van der Waals surface area contributed by atoms with Crippen LogP contribution in [-0.2, 0) is 4.74 Å². The molecule has 1 saturated heterocycles. The Morgan fingerprint density at radius 3 is 2.10 bits per heavy atom. The minimum atomic E-state index is -0.300. The molecule has 0 aromatic heterocycles. The van der Waals surface area contributed by atoms with Crippen molar-refractivity contribution in [2.75, 3.05) is 27.3 Å². The summed E-state index contributed by atoms with van der Waals surface area (Å²) in [6.07, 6.45) is 3.47. The molecule has 4 rings (SSSR count). The predicted molar refractivity (Wildman–Crippen MR) is 119 cm³/mol. The van der Waals surface area contributed by atoms with Crippen LogP contribution >= 0.6 is 0 Å². The van der Waals surface area contributed by atoms with Gasteiger partial charge in [-0.3, -0.25) is 0 Å². The second-order valence-electron chi connectivity index (χ2n) is 7.75. The summed E-state index contributed by atoms with van der Waals surface area (Å²) in [5, 5.41) is 3.95. The lowest BCUT2D eigenvalue weighted by Gasteiger charge is -2.28. The highest BCUT2D eigenvalue weighted by molar-refractivity contribution is 6.11. The average molecular weight is 408 g/mol. The summed E-state index contributed by atoms with van der Waals surface area (Å²) in [6, 6.07) is 14.2. The van der Waals surface area contributed by atoms with Gasteiger partial charge in [0, 0.05) is 34.6 Å². The number of nitrogens with zero attached hydrogens (tertiary/aromatic N) is 1. The summed E-state index contributed by atoms with van der Waals surface area (Å²) in [5.74, 6) is 1.63. The Hall–Kier alpha value is -2.95. The molecule has 0 saturated carbocycles. The number of carbonyl (C=O) groups excluding carboxylic acids is 1. The number of likely N-dealkylation sites (tertiary alicyclic amines) is 1. The van der Waals surface area contributed by atoms with Crippen LogP contribution in [0.4, 0.5) is 4.79 Å². The van der Waals surface area contributed by atoms with E-state index >= 15 is 0 Å². The first kappa shape index (κ1) is 20.3. The molecule has 1 atom stereocenters. The first-order chi connectivity index (χ1) is 14.7. The van der Waals surface area contributed by atoms with E-state index in [1.807, 2.05) is 48.2 Å². The zero-order valence-electron chi connectivity index (χ0n) is 17.9. The fourth-order valence-electron chi connectivity index (χ4n) is 4.42. The van der Waals surface area contributed by atoms with Crippen LogP contribution in [0.2, 0.25) is 0 Å². The van der Waals surface area contributed by atoms with Gasteiger partial charge in [-0.1, -0.05) is 43.3 Å². The first-order valence-corrected chi connectivity index (χ1v) is 10.7. The van der Waals surface area contributed by atoms with E-state index in [1.165, 1.54) is 6.42 Å². The van der Waals surface area contributed by atoms with E-state index in [0.29, 0.717) is 6.42 Å². The highest BCUT2D eigenvalue weighted by Crippen LogP contribution is 2.43. The molecule has 3 aromatic rings. The normalized spacial score (nSPS) is 15.2. The van der Waals surface area contributed by atoms with Gasteiger partial charge in [0.05, 0.1) is 14.2 Å². The predicted octanol–water partition coefficient (Wildman–Crippen LogP) is 6.08. The molecule has 0 radical (unpaired) electrons. The van der Waals surface area contributed by atoms with Crippen LogP contribution in [0, 0.1) is 0 Å². The van der Waals surface area contributed by atoms with E-state index in [0.717, 1.165) is 64.5 Å². The number of benzene rings is 3. The monoisotopic (exact) mass is 407 g/mol. The van der Waals surface area contributed by atoms with Gasteiger partial charge in [-0.2, -0.15) is 0 Å². The van der Waals surface area contributed by atoms with E-state index in [2.05, 4.69) is 6.07 Å². The molecular formula is C25H29NO4. The Labute approximate surface area is 177 Å². The molecule has 5 heteroatoms. The minimum Gasteiger partial charge on any atom is -0.495 e. The summed E-state index contributed by atoms with van der Waals surface area (Å²) in [4.78, 5) is 14.5. The van der Waals surface area contributed by atoms with Crippen molar-refractivity contribution < 1.29 is 19.0 Å². The van der Waals surface area contributed by atoms with E-state index in [1.54, 1.807) is 14.2 Å². The maximum absolute atomic E-state index is 12.7. The highest BCUT2D eigenvalue weighted by Gasteiger charge is 2.23. The van der Waals surface area contributed by atoms with Gasteiger partial charge in [0.15, 0.2) is 0 Å². The zero-order valence-corrected chi connectivity index (χ0v) is 17.9. The molecule has 0 N–H and O–H groups in total. The van der Waals surface area contributed by atoms with Crippen molar-refractivity contribution in [1.29, 1.82) is 0 Å². The van der Waals surface area contributed by atoms with Crippen LogP contribution in [0.25, 0.3) is 21.5 Å². The second kappa shape index (κ2) is 8.82. The van der Waals surface area contributed by atoms with E-state index in [4.69, 9.17) is 14.2 Å². The fourth-order valence-corrected chi connectivity index (χ4v) is 4.42. The van der Waals surface area contributed by atoms with Gasteiger partial charge in [0.1, 0.15) is 17.6 Å². The number of fused-ring (bicyclic) bond motifs is 2. The number of methoxy groups -OCH3 is 2. The number of hydrogen-bond donors (Lipinski definition) is 0. The minimum absolute atomic E-state index is 0.218. The molecule has 1 heterocycles. The number of amides is 1. The van der Waals surface area contributed by atoms with Crippen LogP contribution < -0.4 is 9.47 Å². The van der Waals surface area contributed by atoms with Gasteiger partial charge in [0.25, 0.3) is 0 Å². The molecule has 1 aliphatic heterocycles. The number of hydrogen-bond acceptors (Lipinski definition) is 4. The van der Waals surface area contributed by atoms with Crippen molar-refractivity contribution in [3.63, 3.8) is 0 Å². The third-order valence-electron chi connectivity index (χ3n) is 5.96. The number of rotatable bonds is 5. The molecule has 158 valence electrons. The summed E-state index contributed by atoms with van der Waals surface area (Å²) in [6.45, 7) is 3.60. The number of piperidine rings is 1. The van der Waals surface area contributed by atoms with Crippen LogP contribution in [0.15, 0.2) is 42.5 Å². The maximum atomic E-state index is 12.7. The van der Waals surface area contributed by atoms with Crippen molar-refractivity contribution in [3.05, 3.63) is 48.0 Å². The van der Waals surface area contributed by atoms with Gasteiger partial charge >= 0.3 is 6.09 Å². The quantitative estimate of drug-likeness (QED) is 0.481. The second-order valence-corrected chi connectivity index (χ2v) is 7.75. The lowest BCUT2D eigenvalue weighted by atomic mass is 9.96. The molecule has 1 fully saturated rings. The van der Waals surface area contributed by atoms with Gasteiger partial charge in [-0.15, -0.1) is 0 Å². The van der Waals surface area contributed by atoms with Crippen molar-refractivity contribution in [2.24, 2.45) is 0 Å². The Morgan fingerprint density at radius 2 is 1.50 bits per heavy atom. The van der Waals surface area contributed by atoms with Crippen molar-refractivity contribution >= 4 is 27.6 Å². The topological polar surface area (TPSA) is 48.0 Å². The smallest absolute Gasteiger partial charge is 0.410 e. The average Bonchev–Trinajstić information content (AvgIpc) is 2.81. The van der Waals surface area contributed by atoms with Crippen LogP contribution in [0.1, 0.15) is 44.3 Å². The number of carbonyl (C=O) groups is 1. The Kier molecular flexibility index (Phi) is 5.98. The standard InChI is InChI=1S/C25H29NO4/c1-4-22(30-25(27)26-14-8-5-9-15-26)17-12-13-20-21(16-17)24(29-3)19-11-7-6-10-18(19)23(20)28-2/h6-7,10-13,16,22H,4-5,8-9,14-15H2,1-3H3. The molecule has 1 unspecified atom stereocenters. The van der Waals surface area contributed by atoms with Gasteiger partial charge in [-0.25, -0.2) is 4.79 Å². The van der Waals surface area contributed by atoms with Crippen molar-refractivity contribution in [1.82, 2.24) is 4.90 Å². The molecule has 0 aliphatic carbocycles. The van der Waals surface area contributed by atoms with Crippen LogP contribution in [-0.4, -0.2) is 38.3 Å². The van der Waals surface area contributed by atoms with Gasteiger partial charge < -0.3 is 19.1 Å². The summed E-state index contributed by atoms with van der Waals surface area (Å²) >= 11 is 0. The summed E-state index contributed by atoms with van der Waals surface area (Å²) in [5.41, 5.74) is 0.964. The third kappa shape index (κ3) is 3.64. The molecule has 1 aliphatic rings. The lowest BCUT2D eigenvalue weighted by molar-refractivity contribution is 0.0555. The van der Waals surface area contributed by atoms with Crippen LogP contribution in [0.3, 0.4) is 0 Å². The SMILES string of the molecule is CCC(OC(=O)N1CCCCC1)c1ccc2c(OC)c3ccccc3c(OC)c2c1. The molecule has 5 nitrogen and oxygen atoms in total. The first-order valence-electron chi connectivity index (χ1n) is 10.7. The van der Waals surface area contributed by atoms with E-state index in [9.17, 15) is 4.79 Å². The molecule has 0 bridgehead atoms. The summed E-state index contributed by atoms with van der Waals surface area (Å²) < 4.78 is 17.5. The fraction of sp³-hybridized carbons (Fsp3) is 0.400. The molecular weight excluding hydrogens is 378 g/mol. The largest absolute Gasteiger partial charge is 0.495 e. The van der Waals surface area contributed by atoms with E-state index in [-0.39, 0.29) is 12.2 Å². The Morgan fingerprint density at radius 1 is 0.900 bits per heavy atom. The number of ether oxygens (including phenoxy) is 3. The third-order valence-corrected chi connectivity index (χ3v) is 5.96. The zero-order chi connectivity index (χ0) is 21.1. The van der Waals surface area contributed by atoms with E-state index < -0.39 is 0 Å². The van der Waals surface area contributed by atoms with Crippen LogP contribution in [0.5, 0.6) is 11.5 Å². The van der Waals surface area contributed by atoms with Crippen molar-refractivity contribution in [2.45, 2.75) is 38.7 Å². The summed E-state index contributed by atoms with van der Waals surface area (Å²) in [7, 11) is 3.38. The molecule has 0 spiro atoms. The molecule has 1 amide bonds. The Balaban J connectivity index is 1.76. The molecule has 30 heavy (non-hydrogen) atoms. The van der Waals surface area contributed by atoms with Crippen molar-refractivity contribution in [3.8, 4) is 11.5 Å². The lowest BCUT2D eigenvalue weighted by Crippen LogP contribution is -2.36. The van der Waals surface area contributed by atoms with Gasteiger partial charge in [-0.05, 0) is 37.3 Å². The molecule has 3 aromatic carbocycles.